The maximum atomic E-state index is 12.1. The number of carbonyl (C=O) groups excluding carboxylic acids is 1. The van der Waals surface area contributed by atoms with E-state index < -0.39 is 0 Å². The topological polar surface area (TPSA) is 69.0 Å². The van der Waals surface area contributed by atoms with Crippen LogP contribution in [0.4, 0.5) is 5.95 Å². The number of nitrogens with one attached hydrogen (secondary N) is 1. The first-order chi connectivity index (χ1) is 10.3. The Morgan fingerprint density at radius 1 is 1.38 bits per heavy atom. The average Bonchev–Trinajstić information content (AvgIpc) is 2.91. The summed E-state index contributed by atoms with van der Waals surface area (Å²) in [6.07, 6.45) is 1.37. The lowest BCUT2D eigenvalue weighted by Gasteiger charge is -2.14. The van der Waals surface area contributed by atoms with Crippen molar-refractivity contribution in [3.05, 3.63) is 29.8 Å². The average molecular weight is 304 g/mol. The zero-order chi connectivity index (χ0) is 14.7. The van der Waals surface area contributed by atoms with Crippen LogP contribution in [0.3, 0.4) is 0 Å². The molecule has 1 amide bonds. The SMILES string of the molecule is COc1ccc(CC(=O)Nc2nnc3n2CCCS3)cc1. The Kier molecular flexibility index (Phi) is 4.10. The highest BCUT2D eigenvalue weighted by atomic mass is 32.2. The third-order valence-corrected chi connectivity index (χ3v) is 4.30. The molecule has 0 bridgehead atoms. The predicted octanol–water partition coefficient (Wildman–Crippen LogP) is 1.96. The number of thioether (sulfide) groups is 1. The molecule has 2 heterocycles. The minimum Gasteiger partial charge on any atom is -0.497 e. The fourth-order valence-electron chi connectivity index (χ4n) is 2.17. The van der Waals surface area contributed by atoms with Gasteiger partial charge in [-0.2, -0.15) is 0 Å². The summed E-state index contributed by atoms with van der Waals surface area (Å²) < 4.78 is 7.06. The standard InChI is InChI=1S/C14H16N4O2S/c1-20-11-5-3-10(4-6-11)9-12(19)15-13-16-17-14-18(13)7-2-8-21-14/h3-6H,2,7-9H2,1H3,(H,15,16,19). The largest absolute Gasteiger partial charge is 0.497 e. The Hall–Kier alpha value is -2.02. The number of nitrogens with zero attached hydrogens (tertiary/aromatic N) is 3. The Morgan fingerprint density at radius 2 is 2.19 bits per heavy atom. The summed E-state index contributed by atoms with van der Waals surface area (Å²) in [4.78, 5) is 12.1. The molecule has 7 heteroatoms. The number of hydrogen-bond donors (Lipinski definition) is 1. The summed E-state index contributed by atoms with van der Waals surface area (Å²) in [6, 6.07) is 7.46. The molecule has 1 aromatic heterocycles. The molecule has 1 aromatic carbocycles. The molecule has 0 saturated carbocycles. The van der Waals surface area contributed by atoms with Crippen LogP contribution in [-0.4, -0.2) is 33.5 Å². The third kappa shape index (κ3) is 3.18. The molecule has 110 valence electrons. The molecule has 0 spiro atoms. The second-order valence-corrected chi connectivity index (χ2v) is 5.79. The summed E-state index contributed by atoms with van der Waals surface area (Å²) >= 11 is 1.67. The molecule has 21 heavy (non-hydrogen) atoms. The molecule has 0 radical (unpaired) electrons. The van der Waals surface area contributed by atoms with Gasteiger partial charge in [-0.15, -0.1) is 10.2 Å². The van der Waals surface area contributed by atoms with Gasteiger partial charge in [0.2, 0.25) is 11.9 Å². The molecule has 0 saturated heterocycles. The van der Waals surface area contributed by atoms with E-state index in [1.54, 1.807) is 18.9 Å². The first kappa shape index (κ1) is 13.9. The third-order valence-electron chi connectivity index (χ3n) is 3.25. The van der Waals surface area contributed by atoms with Crippen molar-refractivity contribution in [3.8, 4) is 5.75 Å². The summed E-state index contributed by atoms with van der Waals surface area (Å²) in [7, 11) is 1.62. The number of hydrogen-bond acceptors (Lipinski definition) is 5. The van der Waals surface area contributed by atoms with Gasteiger partial charge < -0.3 is 4.74 Å². The van der Waals surface area contributed by atoms with Crippen LogP contribution in [0.5, 0.6) is 5.75 Å². The van der Waals surface area contributed by atoms with Crippen molar-refractivity contribution in [2.24, 2.45) is 0 Å². The number of amides is 1. The van der Waals surface area contributed by atoms with Gasteiger partial charge in [0.15, 0.2) is 5.16 Å². The van der Waals surface area contributed by atoms with Gasteiger partial charge in [0.1, 0.15) is 5.75 Å². The Balaban J connectivity index is 1.64. The number of anilines is 1. The van der Waals surface area contributed by atoms with Crippen LogP contribution in [0.25, 0.3) is 0 Å². The number of ether oxygens (including phenoxy) is 1. The van der Waals surface area contributed by atoms with Crippen LogP contribution in [-0.2, 0) is 17.8 Å². The van der Waals surface area contributed by atoms with E-state index in [0.29, 0.717) is 12.4 Å². The first-order valence-electron chi connectivity index (χ1n) is 6.75. The second-order valence-electron chi connectivity index (χ2n) is 4.73. The number of carbonyl (C=O) groups is 1. The normalized spacial score (nSPS) is 13.6. The Morgan fingerprint density at radius 3 is 2.95 bits per heavy atom. The lowest BCUT2D eigenvalue weighted by molar-refractivity contribution is -0.115. The maximum Gasteiger partial charge on any atom is 0.231 e. The van der Waals surface area contributed by atoms with Crippen LogP contribution in [0, 0.1) is 0 Å². The molecule has 1 aliphatic heterocycles. The number of rotatable bonds is 4. The van der Waals surface area contributed by atoms with Crippen LogP contribution >= 0.6 is 11.8 Å². The minimum absolute atomic E-state index is 0.0917. The van der Waals surface area contributed by atoms with E-state index in [2.05, 4.69) is 15.5 Å². The number of fused-ring (bicyclic) bond motifs is 1. The predicted molar refractivity (Wildman–Crippen MR) is 80.7 cm³/mol. The highest BCUT2D eigenvalue weighted by Gasteiger charge is 2.17. The van der Waals surface area contributed by atoms with E-state index in [1.807, 2.05) is 28.8 Å². The van der Waals surface area contributed by atoms with E-state index in [-0.39, 0.29) is 5.91 Å². The van der Waals surface area contributed by atoms with E-state index in [9.17, 15) is 4.79 Å². The molecule has 0 aliphatic carbocycles. The molecular weight excluding hydrogens is 288 g/mol. The molecule has 1 aliphatic rings. The fourth-order valence-corrected chi connectivity index (χ4v) is 3.06. The van der Waals surface area contributed by atoms with Crippen molar-refractivity contribution in [1.29, 1.82) is 0 Å². The molecule has 1 N–H and O–H groups in total. The number of aromatic nitrogens is 3. The van der Waals surface area contributed by atoms with Gasteiger partial charge in [0.25, 0.3) is 0 Å². The van der Waals surface area contributed by atoms with Gasteiger partial charge in [0, 0.05) is 12.3 Å². The van der Waals surface area contributed by atoms with Crippen LogP contribution in [0.1, 0.15) is 12.0 Å². The van der Waals surface area contributed by atoms with Crippen LogP contribution in [0.2, 0.25) is 0 Å². The van der Waals surface area contributed by atoms with E-state index in [0.717, 1.165) is 35.2 Å². The first-order valence-corrected chi connectivity index (χ1v) is 7.73. The van der Waals surface area contributed by atoms with Gasteiger partial charge in [-0.1, -0.05) is 23.9 Å². The zero-order valence-corrected chi connectivity index (χ0v) is 12.5. The molecule has 6 nitrogen and oxygen atoms in total. The van der Waals surface area contributed by atoms with Gasteiger partial charge in [0.05, 0.1) is 13.5 Å². The smallest absolute Gasteiger partial charge is 0.231 e. The van der Waals surface area contributed by atoms with Crippen molar-refractivity contribution in [3.63, 3.8) is 0 Å². The lowest BCUT2D eigenvalue weighted by Crippen LogP contribution is -2.19. The molecule has 2 aromatic rings. The summed E-state index contributed by atoms with van der Waals surface area (Å²) in [6.45, 7) is 0.855. The van der Waals surface area contributed by atoms with Gasteiger partial charge >= 0.3 is 0 Å². The summed E-state index contributed by atoms with van der Waals surface area (Å²) in [5.74, 6) is 2.28. The van der Waals surface area contributed by atoms with E-state index in [1.165, 1.54) is 0 Å². The lowest BCUT2D eigenvalue weighted by atomic mass is 10.1. The molecule has 3 rings (SSSR count). The van der Waals surface area contributed by atoms with E-state index in [4.69, 9.17) is 4.74 Å². The Bertz CT molecular complexity index is 639. The number of methoxy groups -OCH3 is 1. The zero-order valence-electron chi connectivity index (χ0n) is 11.7. The fraction of sp³-hybridized carbons (Fsp3) is 0.357. The highest BCUT2D eigenvalue weighted by molar-refractivity contribution is 7.99. The molecular formula is C14H16N4O2S. The minimum atomic E-state index is -0.0917. The number of benzene rings is 1. The summed E-state index contributed by atoms with van der Waals surface area (Å²) in [5.41, 5.74) is 0.932. The van der Waals surface area contributed by atoms with Crippen LogP contribution in [0.15, 0.2) is 29.4 Å². The van der Waals surface area contributed by atoms with Gasteiger partial charge in [-0.05, 0) is 24.1 Å². The van der Waals surface area contributed by atoms with Crippen molar-refractivity contribution in [1.82, 2.24) is 14.8 Å². The van der Waals surface area contributed by atoms with Gasteiger partial charge in [-0.25, -0.2) is 0 Å². The highest BCUT2D eigenvalue weighted by Crippen LogP contribution is 2.25. The van der Waals surface area contributed by atoms with E-state index >= 15 is 0 Å². The van der Waals surface area contributed by atoms with Crippen molar-refractivity contribution in [2.45, 2.75) is 24.5 Å². The monoisotopic (exact) mass is 304 g/mol. The summed E-state index contributed by atoms with van der Waals surface area (Å²) in [5, 5.41) is 11.8. The second kappa shape index (κ2) is 6.17. The molecule has 0 atom stereocenters. The van der Waals surface area contributed by atoms with Crippen LogP contribution < -0.4 is 10.1 Å². The van der Waals surface area contributed by atoms with Crippen molar-refractivity contribution >= 4 is 23.6 Å². The van der Waals surface area contributed by atoms with Crippen molar-refractivity contribution < 1.29 is 9.53 Å². The van der Waals surface area contributed by atoms with Gasteiger partial charge in [-0.3, -0.25) is 14.7 Å². The molecule has 0 fully saturated rings. The molecule has 0 unspecified atom stereocenters. The van der Waals surface area contributed by atoms with Crippen molar-refractivity contribution in [2.75, 3.05) is 18.2 Å². The Labute approximate surface area is 126 Å². The quantitative estimate of drug-likeness (QED) is 0.935. The maximum absolute atomic E-state index is 12.1.